The van der Waals surface area contributed by atoms with E-state index in [-0.39, 0.29) is 22.1 Å². The number of benzene rings is 2. The number of phenolic OH excluding ortho intramolecular Hbond substituents is 1. The third-order valence-corrected chi connectivity index (χ3v) is 4.89. The van der Waals surface area contributed by atoms with Gasteiger partial charge < -0.3 is 14.6 Å². The number of nitrogens with zero attached hydrogens (tertiary/aromatic N) is 1. The van der Waals surface area contributed by atoms with Gasteiger partial charge in [-0.2, -0.15) is 13.5 Å². The highest BCUT2D eigenvalue weighted by Crippen LogP contribution is 2.36. The summed E-state index contributed by atoms with van der Waals surface area (Å²) in [6, 6.07) is 8.18. The minimum absolute atomic E-state index is 0.141. The lowest BCUT2D eigenvalue weighted by Crippen LogP contribution is -2.19. The van der Waals surface area contributed by atoms with Gasteiger partial charge >= 0.3 is 0 Å². The molecule has 2 aromatic carbocycles. The maximum atomic E-state index is 12.4. The Kier molecular flexibility index (Phi) is 5.53. The van der Waals surface area contributed by atoms with Crippen molar-refractivity contribution in [1.29, 1.82) is 0 Å². The quantitative estimate of drug-likeness (QED) is 0.606. The molecule has 0 heterocycles. The zero-order chi connectivity index (χ0) is 18.6. The van der Waals surface area contributed by atoms with Crippen molar-refractivity contribution < 1.29 is 23.0 Å². The molecule has 2 N–H and O–H groups in total. The molecule has 25 heavy (non-hydrogen) atoms. The van der Waals surface area contributed by atoms with Gasteiger partial charge in [-0.1, -0.05) is 12.1 Å². The van der Waals surface area contributed by atoms with Gasteiger partial charge in [0.05, 0.1) is 25.3 Å². The van der Waals surface area contributed by atoms with Crippen molar-refractivity contribution in [3.05, 3.63) is 47.0 Å². The minimum atomic E-state index is -3.78. The van der Waals surface area contributed by atoms with Crippen molar-refractivity contribution in [2.45, 2.75) is 18.7 Å². The van der Waals surface area contributed by atoms with E-state index in [4.69, 9.17) is 9.47 Å². The number of aryl methyl sites for hydroxylation is 2. The molecule has 0 aliphatic rings. The Morgan fingerprint density at radius 3 is 2.24 bits per heavy atom. The molecule has 0 aromatic heterocycles. The summed E-state index contributed by atoms with van der Waals surface area (Å²) in [5, 5.41) is 13.7. The molecular weight excluding hydrogens is 344 g/mol. The second-order valence-corrected chi connectivity index (χ2v) is 7.03. The number of phenols is 1. The Labute approximate surface area is 147 Å². The Morgan fingerprint density at radius 2 is 1.68 bits per heavy atom. The van der Waals surface area contributed by atoms with E-state index in [2.05, 4.69) is 9.93 Å². The predicted molar refractivity (Wildman–Crippen MR) is 95.0 cm³/mol. The lowest BCUT2D eigenvalue weighted by atomic mass is 10.2. The Balaban J connectivity index is 2.27. The van der Waals surface area contributed by atoms with Gasteiger partial charge in [0, 0.05) is 5.56 Å². The van der Waals surface area contributed by atoms with E-state index in [1.807, 2.05) is 13.0 Å². The average Bonchev–Trinajstić information content (AvgIpc) is 2.57. The second kappa shape index (κ2) is 7.43. The normalized spacial score (nSPS) is 11.5. The Morgan fingerprint density at radius 1 is 1.08 bits per heavy atom. The smallest absolute Gasteiger partial charge is 0.276 e. The van der Waals surface area contributed by atoms with Crippen LogP contribution < -0.4 is 14.3 Å². The van der Waals surface area contributed by atoms with Gasteiger partial charge in [0.2, 0.25) is 5.75 Å². The average molecular weight is 364 g/mol. The van der Waals surface area contributed by atoms with Crippen LogP contribution in [0.4, 0.5) is 0 Å². The molecule has 0 radical (unpaired) electrons. The summed E-state index contributed by atoms with van der Waals surface area (Å²) in [6.45, 7) is 3.53. The molecule has 0 bridgehead atoms. The number of sulfonamides is 1. The molecule has 0 atom stereocenters. The zero-order valence-electron chi connectivity index (χ0n) is 14.4. The molecule has 0 saturated carbocycles. The van der Waals surface area contributed by atoms with Crippen molar-refractivity contribution in [2.75, 3.05) is 14.2 Å². The van der Waals surface area contributed by atoms with Crippen LogP contribution in [-0.2, 0) is 10.0 Å². The SMILES string of the molecule is COc1cc(/C=N\NS(=O)(=O)c2cc(C)ccc2C)cc(OC)c1O. The van der Waals surface area contributed by atoms with Gasteiger partial charge in [0.15, 0.2) is 11.5 Å². The fourth-order valence-corrected chi connectivity index (χ4v) is 3.33. The summed E-state index contributed by atoms with van der Waals surface area (Å²) >= 11 is 0. The van der Waals surface area contributed by atoms with Crippen molar-refractivity contribution in [3.8, 4) is 17.2 Å². The van der Waals surface area contributed by atoms with Crippen molar-refractivity contribution in [3.63, 3.8) is 0 Å². The van der Waals surface area contributed by atoms with Gasteiger partial charge in [0.25, 0.3) is 10.0 Å². The molecule has 0 saturated heterocycles. The Hall–Kier alpha value is -2.74. The van der Waals surface area contributed by atoms with Crippen LogP contribution in [0.5, 0.6) is 17.2 Å². The highest BCUT2D eigenvalue weighted by molar-refractivity contribution is 7.89. The number of nitrogens with one attached hydrogen (secondary N) is 1. The molecule has 2 aromatic rings. The molecule has 134 valence electrons. The van der Waals surface area contributed by atoms with E-state index >= 15 is 0 Å². The molecule has 8 heteroatoms. The molecule has 0 aliphatic heterocycles. The first-order valence-electron chi connectivity index (χ1n) is 7.35. The van der Waals surface area contributed by atoms with E-state index in [1.165, 1.54) is 32.6 Å². The summed E-state index contributed by atoms with van der Waals surface area (Å²) in [6.07, 6.45) is 1.30. The Bertz CT molecular complexity index is 882. The first-order valence-corrected chi connectivity index (χ1v) is 8.84. The predicted octanol–water partition coefficient (Wildman–Crippen LogP) is 2.34. The zero-order valence-corrected chi connectivity index (χ0v) is 15.2. The number of hydrogen-bond donors (Lipinski definition) is 2. The van der Waals surface area contributed by atoms with Gasteiger partial charge in [0.1, 0.15) is 0 Å². The van der Waals surface area contributed by atoms with Gasteiger partial charge in [-0.3, -0.25) is 0 Å². The monoisotopic (exact) mass is 364 g/mol. The maximum Gasteiger partial charge on any atom is 0.276 e. The minimum Gasteiger partial charge on any atom is -0.502 e. The second-order valence-electron chi connectivity index (χ2n) is 5.40. The fourth-order valence-electron chi connectivity index (χ4n) is 2.20. The van der Waals surface area contributed by atoms with Crippen LogP contribution in [0.1, 0.15) is 16.7 Å². The first kappa shape index (κ1) is 18.6. The van der Waals surface area contributed by atoms with Crippen molar-refractivity contribution in [1.82, 2.24) is 4.83 Å². The summed E-state index contributed by atoms with van der Waals surface area (Å²) < 4.78 is 34.8. The molecule has 0 spiro atoms. The third-order valence-electron chi connectivity index (χ3n) is 3.52. The van der Waals surface area contributed by atoms with Crippen LogP contribution in [-0.4, -0.2) is 34.0 Å². The number of methoxy groups -OCH3 is 2. The van der Waals surface area contributed by atoms with Crippen LogP contribution in [0.2, 0.25) is 0 Å². The molecular formula is C17H20N2O5S. The summed E-state index contributed by atoms with van der Waals surface area (Å²) in [5.41, 5.74) is 1.96. The van der Waals surface area contributed by atoms with Crippen LogP contribution in [0.25, 0.3) is 0 Å². The first-order chi connectivity index (χ1) is 11.8. The van der Waals surface area contributed by atoms with Gasteiger partial charge in [-0.25, -0.2) is 4.83 Å². The van der Waals surface area contributed by atoms with E-state index in [9.17, 15) is 13.5 Å². The van der Waals surface area contributed by atoms with E-state index in [0.29, 0.717) is 11.1 Å². The van der Waals surface area contributed by atoms with Crippen molar-refractivity contribution in [2.24, 2.45) is 5.10 Å². The number of hydrazone groups is 1. The van der Waals surface area contributed by atoms with Gasteiger partial charge in [-0.15, -0.1) is 0 Å². The van der Waals surface area contributed by atoms with Gasteiger partial charge in [-0.05, 0) is 43.2 Å². The number of ether oxygens (including phenoxy) is 2. The van der Waals surface area contributed by atoms with Crippen LogP contribution in [0, 0.1) is 13.8 Å². The number of rotatable bonds is 6. The largest absolute Gasteiger partial charge is 0.502 e. The molecule has 0 unspecified atom stereocenters. The lowest BCUT2D eigenvalue weighted by Gasteiger charge is -2.09. The highest BCUT2D eigenvalue weighted by Gasteiger charge is 2.16. The molecule has 0 fully saturated rings. The fraction of sp³-hybridized carbons (Fsp3) is 0.235. The molecule has 0 aliphatic carbocycles. The van der Waals surface area contributed by atoms with E-state index in [0.717, 1.165) is 5.56 Å². The van der Waals surface area contributed by atoms with Crippen LogP contribution >= 0.6 is 0 Å². The summed E-state index contributed by atoms with van der Waals surface area (Å²) in [5.74, 6) is 0.245. The highest BCUT2D eigenvalue weighted by atomic mass is 32.2. The molecule has 2 rings (SSSR count). The number of aromatic hydroxyl groups is 1. The molecule has 7 nitrogen and oxygen atoms in total. The third kappa shape index (κ3) is 4.21. The summed E-state index contributed by atoms with van der Waals surface area (Å²) in [4.78, 5) is 2.35. The molecule has 0 amide bonds. The van der Waals surface area contributed by atoms with Crippen LogP contribution in [0.3, 0.4) is 0 Å². The van der Waals surface area contributed by atoms with E-state index in [1.54, 1.807) is 19.1 Å². The van der Waals surface area contributed by atoms with E-state index < -0.39 is 10.0 Å². The van der Waals surface area contributed by atoms with Crippen molar-refractivity contribution >= 4 is 16.2 Å². The number of hydrogen-bond acceptors (Lipinski definition) is 6. The lowest BCUT2D eigenvalue weighted by molar-refractivity contribution is 0.340. The summed E-state index contributed by atoms with van der Waals surface area (Å²) in [7, 11) is -0.980. The van der Waals surface area contributed by atoms with Crippen LogP contribution in [0.15, 0.2) is 40.3 Å². The maximum absolute atomic E-state index is 12.4. The standard InChI is InChI=1S/C17H20N2O5S/c1-11-5-6-12(2)16(7-11)25(21,22)19-18-10-13-8-14(23-3)17(20)15(9-13)24-4/h5-10,19-20H,1-4H3/b18-10-. The topological polar surface area (TPSA) is 97.2 Å².